The smallest absolute Gasteiger partial charge is 0.253 e. The van der Waals surface area contributed by atoms with Crippen molar-refractivity contribution in [3.63, 3.8) is 0 Å². The highest BCUT2D eigenvalue weighted by molar-refractivity contribution is 6.30. The number of piperazine rings is 1. The zero-order chi connectivity index (χ0) is 19.7. The summed E-state index contributed by atoms with van der Waals surface area (Å²) in [5.41, 5.74) is 1.37. The molecule has 4 rings (SSSR count). The van der Waals surface area contributed by atoms with Crippen LogP contribution < -0.4 is 10.2 Å². The van der Waals surface area contributed by atoms with Gasteiger partial charge in [-0.3, -0.25) is 9.59 Å². The molecule has 0 spiro atoms. The van der Waals surface area contributed by atoms with Crippen LogP contribution in [0.25, 0.3) is 0 Å². The van der Waals surface area contributed by atoms with Gasteiger partial charge in [0.1, 0.15) is 5.82 Å². The molecule has 1 saturated carbocycles. The summed E-state index contributed by atoms with van der Waals surface area (Å²) >= 11 is 5.89. The van der Waals surface area contributed by atoms with Crippen LogP contribution in [0.5, 0.6) is 0 Å². The summed E-state index contributed by atoms with van der Waals surface area (Å²) < 4.78 is 0. The molecular weight excluding hydrogens is 376 g/mol. The maximum Gasteiger partial charge on any atom is 0.253 e. The fourth-order valence-corrected chi connectivity index (χ4v) is 3.61. The van der Waals surface area contributed by atoms with Crippen molar-refractivity contribution in [3.05, 3.63) is 53.2 Å². The Hall–Kier alpha value is -2.60. The van der Waals surface area contributed by atoms with Gasteiger partial charge in [-0.2, -0.15) is 0 Å². The van der Waals surface area contributed by atoms with Gasteiger partial charge in [0.15, 0.2) is 0 Å². The van der Waals surface area contributed by atoms with Crippen LogP contribution >= 0.6 is 11.6 Å². The molecule has 2 unspecified atom stereocenters. The highest BCUT2D eigenvalue weighted by Crippen LogP contribution is 2.38. The standard InChI is InChI=1S/C21H23ClN4O2/c1-14-12-18(14)20(27)24-17-5-2-15(3-6-17)21(28)26-10-8-25(9-11-26)19-7-4-16(22)13-23-19/h2-7,13-14,18H,8-12H2,1H3,(H,24,27). The van der Waals surface area contributed by atoms with Gasteiger partial charge in [0, 0.05) is 49.5 Å². The van der Waals surface area contributed by atoms with E-state index in [0.29, 0.717) is 29.6 Å². The zero-order valence-electron chi connectivity index (χ0n) is 15.8. The van der Waals surface area contributed by atoms with Gasteiger partial charge in [0.25, 0.3) is 5.91 Å². The quantitative estimate of drug-likeness (QED) is 0.858. The lowest BCUT2D eigenvalue weighted by molar-refractivity contribution is -0.117. The van der Waals surface area contributed by atoms with E-state index in [9.17, 15) is 9.59 Å². The Bertz CT molecular complexity index is 861. The number of nitrogens with one attached hydrogen (secondary N) is 1. The molecule has 2 aliphatic rings. The van der Waals surface area contributed by atoms with Gasteiger partial charge in [-0.25, -0.2) is 4.98 Å². The molecule has 2 amide bonds. The highest BCUT2D eigenvalue weighted by Gasteiger charge is 2.39. The van der Waals surface area contributed by atoms with Crippen molar-refractivity contribution < 1.29 is 9.59 Å². The van der Waals surface area contributed by atoms with Crippen LogP contribution in [0.3, 0.4) is 0 Å². The Balaban J connectivity index is 1.32. The van der Waals surface area contributed by atoms with Crippen LogP contribution in [0.15, 0.2) is 42.6 Å². The average molecular weight is 399 g/mol. The largest absolute Gasteiger partial charge is 0.353 e. The molecule has 2 atom stereocenters. The molecule has 1 aromatic heterocycles. The minimum Gasteiger partial charge on any atom is -0.353 e. The number of carbonyl (C=O) groups is 2. The summed E-state index contributed by atoms with van der Waals surface area (Å²) in [6.45, 7) is 4.82. The van der Waals surface area contributed by atoms with Gasteiger partial charge < -0.3 is 15.1 Å². The summed E-state index contributed by atoms with van der Waals surface area (Å²) in [5.74, 6) is 1.56. The SMILES string of the molecule is CC1CC1C(=O)Nc1ccc(C(=O)N2CCN(c3ccc(Cl)cn3)CC2)cc1. The number of aromatic nitrogens is 1. The zero-order valence-corrected chi connectivity index (χ0v) is 16.5. The number of anilines is 2. The Morgan fingerprint density at radius 1 is 1.07 bits per heavy atom. The molecule has 2 heterocycles. The molecular formula is C21H23ClN4O2. The number of hydrogen-bond acceptors (Lipinski definition) is 4. The van der Waals surface area contributed by atoms with Gasteiger partial charge in [-0.05, 0) is 48.7 Å². The molecule has 0 radical (unpaired) electrons. The number of nitrogens with zero attached hydrogens (tertiary/aromatic N) is 3. The molecule has 2 fully saturated rings. The van der Waals surface area contributed by atoms with Crippen molar-refractivity contribution in [1.29, 1.82) is 0 Å². The fraction of sp³-hybridized carbons (Fsp3) is 0.381. The fourth-order valence-electron chi connectivity index (χ4n) is 3.49. The van der Waals surface area contributed by atoms with Gasteiger partial charge in [0.05, 0.1) is 5.02 Å². The second-order valence-corrected chi connectivity index (χ2v) is 7.94. The topological polar surface area (TPSA) is 65.5 Å². The highest BCUT2D eigenvalue weighted by atomic mass is 35.5. The van der Waals surface area contributed by atoms with Crippen LogP contribution in [-0.4, -0.2) is 47.9 Å². The predicted octanol–water partition coefficient (Wildman–Crippen LogP) is 3.29. The summed E-state index contributed by atoms with van der Waals surface area (Å²) in [7, 11) is 0. The van der Waals surface area contributed by atoms with E-state index in [1.54, 1.807) is 30.5 Å². The number of rotatable bonds is 4. The van der Waals surface area contributed by atoms with Crippen LogP contribution in [0.2, 0.25) is 5.02 Å². The van der Waals surface area contributed by atoms with E-state index in [2.05, 4.69) is 22.1 Å². The minimum absolute atomic E-state index is 0.0115. The molecule has 2 aromatic rings. The van der Waals surface area contributed by atoms with Crippen molar-refractivity contribution in [3.8, 4) is 0 Å². The summed E-state index contributed by atoms with van der Waals surface area (Å²) in [4.78, 5) is 33.1. The first kappa shape index (κ1) is 18.7. The molecule has 28 heavy (non-hydrogen) atoms. The lowest BCUT2D eigenvalue weighted by Crippen LogP contribution is -2.49. The average Bonchev–Trinajstić information content (AvgIpc) is 3.46. The van der Waals surface area contributed by atoms with E-state index in [1.165, 1.54) is 0 Å². The number of carbonyl (C=O) groups excluding carboxylic acids is 2. The number of hydrogen-bond donors (Lipinski definition) is 1. The summed E-state index contributed by atoms with van der Waals surface area (Å²) in [6, 6.07) is 10.9. The molecule has 1 aliphatic carbocycles. The van der Waals surface area contributed by atoms with E-state index >= 15 is 0 Å². The third kappa shape index (κ3) is 4.12. The van der Waals surface area contributed by atoms with E-state index in [4.69, 9.17) is 11.6 Å². The number of amides is 2. The Kier molecular flexibility index (Phi) is 5.22. The number of halogens is 1. The predicted molar refractivity (Wildman–Crippen MR) is 110 cm³/mol. The third-order valence-electron chi connectivity index (χ3n) is 5.45. The van der Waals surface area contributed by atoms with E-state index in [-0.39, 0.29) is 17.7 Å². The second kappa shape index (κ2) is 7.80. The molecule has 1 aromatic carbocycles. The van der Waals surface area contributed by atoms with Gasteiger partial charge in [-0.1, -0.05) is 18.5 Å². The second-order valence-electron chi connectivity index (χ2n) is 7.50. The van der Waals surface area contributed by atoms with Crippen LogP contribution in [-0.2, 0) is 4.79 Å². The third-order valence-corrected chi connectivity index (χ3v) is 5.67. The van der Waals surface area contributed by atoms with Crippen LogP contribution in [0.4, 0.5) is 11.5 Å². The van der Waals surface area contributed by atoms with Crippen molar-refractivity contribution in [2.45, 2.75) is 13.3 Å². The van der Waals surface area contributed by atoms with Crippen molar-refractivity contribution in [2.75, 3.05) is 36.4 Å². The summed E-state index contributed by atoms with van der Waals surface area (Å²) in [5, 5.41) is 3.54. The van der Waals surface area contributed by atoms with Gasteiger partial charge in [-0.15, -0.1) is 0 Å². The lowest BCUT2D eigenvalue weighted by atomic mass is 10.1. The van der Waals surface area contributed by atoms with Gasteiger partial charge in [0.2, 0.25) is 5.91 Å². The molecule has 1 N–H and O–H groups in total. The van der Waals surface area contributed by atoms with E-state index in [1.807, 2.05) is 17.0 Å². The summed E-state index contributed by atoms with van der Waals surface area (Å²) in [6.07, 6.45) is 2.60. The number of benzene rings is 1. The van der Waals surface area contributed by atoms with E-state index in [0.717, 1.165) is 31.0 Å². The molecule has 0 bridgehead atoms. The number of pyridine rings is 1. The molecule has 1 saturated heterocycles. The Labute approximate surface area is 169 Å². The molecule has 146 valence electrons. The normalized spacial score (nSPS) is 21.4. The van der Waals surface area contributed by atoms with Crippen LogP contribution in [0.1, 0.15) is 23.7 Å². The first-order chi connectivity index (χ1) is 13.5. The molecule has 7 heteroatoms. The first-order valence-corrected chi connectivity index (χ1v) is 9.96. The lowest BCUT2D eigenvalue weighted by Gasteiger charge is -2.35. The van der Waals surface area contributed by atoms with E-state index < -0.39 is 0 Å². The maximum atomic E-state index is 12.8. The first-order valence-electron chi connectivity index (χ1n) is 9.58. The Morgan fingerprint density at radius 3 is 2.32 bits per heavy atom. The van der Waals surface area contributed by atoms with Crippen molar-refractivity contribution in [1.82, 2.24) is 9.88 Å². The molecule has 6 nitrogen and oxygen atoms in total. The van der Waals surface area contributed by atoms with Gasteiger partial charge >= 0.3 is 0 Å². The van der Waals surface area contributed by atoms with Crippen molar-refractivity contribution >= 4 is 34.9 Å². The maximum absolute atomic E-state index is 12.8. The molecule has 1 aliphatic heterocycles. The monoisotopic (exact) mass is 398 g/mol. The van der Waals surface area contributed by atoms with Crippen LogP contribution in [0, 0.1) is 11.8 Å². The Morgan fingerprint density at radius 2 is 1.75 bits per heavy atom. The minimum atomic E-state index is 0.0115. The van der Waals surface area contributed by atoms with Crippen molar-refractivity contribution in [2.24, 2.45) is 11.8 Å².